The van der Waals surface area contributed by atoms with E-state index in [1.807, 2.05) is 0 Å². The number of aromatic hydroxyl groups is 1. The van der Waals surface area contributed by atoms with E-state index in [1.165, 1.54) is 37.7 Å². The van der Waals surface area contributed by atoms with Gasteiger partial charge < -0.3 is 19.3 Å². The van der Waals surface area contributed by atoms with Crippen molar-refractivity contribution in [2.45, 2.75) is 0 Å². The second kappa shape index (κ2) is 6.95. The number of hydrogen-bond donors (Lipinski definition) is 1. The Bertz CT molecular complexity index is 652. The van der Waals surface area contributed by atoms with Crippen LogP contribution < -0.4 is 9.47 Å². The summed E-state index contributed by atoms with van der Waals surface area (Å²) in [6, 6.07) is 6.04. The van der Waals surface area contributed by atoms with E-state index in [-0.39, 0.29) is 35.2 Å². The number of benzene rings is 1. The summed E-state index contributed by atoms with van der Waals surface area (Å²) in [5, 5.41) is 11.6. The van der Waals surface area contributed by atoms with Crippen LogP contribution in [-0.2, 0) is 4.74 Å². The number of esters is 1. The van der Waals surface area contributed by atoms with Crippen LogP contribution in [0.1, 0.15) is 20.0 Å². The number of Topliss-reactive ketones (excluding diaryl/α,β-unsaturated/α-hetero) is 1. The van der Waals surface area contributed by atoms with E-state index in [9.17, 15) is 14.7 Å². The molecule has 22 heavy (non-hydrogen) atoms. The fourth-order valence-corrected chi connectivity index (χ4v) is 2.39. The predicted octanol–water partition coefficient (Wildman–Crippen LogP) is 2.51. The highest BCUT2D eigenvalue weighted by molar-refractivity contribution is 7.12. The number of ether oxygens (including phenoxy) is 3. The Balaban J connectivity index is 2.11. The highest BCUT2D eigenvalue weighted by Gasteiger charge is 2.18. The average Bonchev–Trinajstić information content (AvgIpc) is 3.07. The molecule has 0 atom stereocenters. The van der Waals surface area contributed by atoms with Crippen LogP contribution in [0.15, 0.2) is 29.6 Å². The molecule has 0 aliphatic heterocycles. The first-order valence-electron chi connectivity index (χ1n) is 6.25. The van der Waals surface area contributed by atoms with Crippen molar-refractivity contribution in [3.8, 4) is 17.2 Å². The van der Waals surface area contributed by atoms with Crippen molar-refractivity contribution in [3.63, 3.8) is 0 Å². The Morgan fingerprint density at radius 3 is 2.32 bits per heavy atom. The first-order valence-corrected chi connectivity index (χ1v) is 7.13. The third-order valence-corrected chi connectivity index (χ3v) is 3.76. The van der Waals surface area contributed by atoms with Gasteiger partial charge in [-0.15, -0.1) is 11.3 Å². The monoisotopic (exact) mass is 322 g/mol. The average molecular weight is 322 g/mol. The van der Waals surface area contributed by atoms with Crippen LogP contribution in [0, 0.1) is 0 Å². The quantitative estimate of drug-likeness (QED) is 0.650. The summed E-state index contributed by atoms with van der Waals surface area (Å²) in [4.78, 5) is 24.3. The van der Waals surface area contributed by atoms with Gasteiger partial charge in [-0.25, -0.2) is 4.79 Å². The highest BCUT2D eigenvalue weighted by atomic mass is 32.1. The minimum absolute atomic E-state index is 0.0795. The summed E-state index contributed by atoms with van der Waals surface area (Å²) < 4.78 is 14.9. The molecule has 2 rings (SSSR count). The normalized spacial score (nSPS) is 10.1. The largest absolute Gasteiger partial charge is 0.502 e. The van der Waals surface area contributed by atoms with Gasteiger partial charge in [0, 0.05) is 0 Å². The topological polar surface area (TPSA) is 82.1 Å². The van der Waals surface area contributed by atoms with E-state index in [1.54, 1.807) is 17.5 Å². The van der Waals surface area contributed by atoms with Gasteiger partial charge in [0.05, 0.1) is 24.7 Å². The molecule has 0 fully saturated rings. The number of thiophene rings is 1. The van der Waals surface area contributed by atoms with Crippen LogP contribution in [0.4, 0.5) is 0 Å². The second-order valence-corrected chi connectivity index (χ2v) is 5.15. The van der Waals surface area contributed by atoms with Gasteiger partial charge in [0.25, 0.3) is 0 Å². The van der Waals surface area contributed by atoms with Crippen LogP contribution in [0.5, 0.6) is 17.2 Å². The molecule has 6 nitrogen and oxygen atoms in total. The summed E-state index contributed by atoms with van der Waals surface area (Å²) in [5.41, 5.74) is 0.116. The smallest absolute Gasteiger partial charge is 0.338 e. The molecule has 0 amide bonds. The van der Waals surface area contributed by atoms with Crippen molar-refractivity contribution in [1.82, 2.24) is 0 Å². The maximum atomic E-state index is 12.0. The number of phenolic OH excluding ortho intramolecular Hbond substituents is 1. The summed E-state index contributed by atoms with van der Waals surface area (Å²) in [7, 11) is 2.70. The van der Waals surface area contributed by atoms with E-state index in [0.717, 1.165) is 0 Å². The lowest BCUT2D eigenvalue weighted by molar-refractivity contribution is 0.0475. The summed E-state index contributed by atoms with van der Waals surface area (Å²) in [5.74, 6) is -1.04. The van der Waals surface area contributed by atoms with E-state index < -0.39 is 5.97 Å². The van der Waals surface area contributed by atoms with Gasteiger partial charge in [-0.1, -0.05) is 6.07 Å². The van der Waals surface area contributed by atoms with Crippen molar-refractivity contribution in [1.29, 1.82) is 0 Å². The molecular formula is C15H14O6S. The molecule has 0 saturated carbocycles. The Morgan fingerprint density at radius 1 is 1.18 bits per heavy atom. The minimum Gasteiger partial charge on any atom is -0.502 e. The predicted molar refractivity (Wildman–Crippen MR) is 80.1 cm³/mol. The Kier molecular flexibility index (Phi) is 5.00. The van der Waals surface area contributed by atoms with E-state index >= 15 is 0 Å². The molecule has 0 saturated heterocycles. The number of carbonyl (C=O) groups is 2. The van der Waals surface area contributed by atoms with Crippen molar-refractivity contribution in [3.05, 3.63) is 40.1 Å². The first-order chi connectivity index (χ1) is 10.6. The molecular weight excluding hydrogens is 308 g/mol. The summed E-state index contributed by atoms with van der Waals surface area (Å²) in [6.45, 7) is -0.356. The Hall–Kier alpha value is -2.54. The first kappa shape index (κ1) is 15.8. The molecule has 0 bridgehead atoms. The van der Waals surface area contributed by atoms with Crippen LogP contribution in [0.25, 0.3) is 0 Å². The van der Waals surface area contributed by atoms with Crippen LogP contribution in [0.2, 0.25) is 0 Å². The zero-order valence-corrected chi connectivity index (χ0v) is 12.8. The molecule has 1 N–H and O–H groups in total. The molecule has 1 heterocycles. The molecule has 2 aromatic rings. The second-order valence-electron chi connectivity index (χ2n) is 4.21. The van der Waals surface area contributed by atoms with Crippen molar-refractivity contribution in [2.24, 2.45) is 0 Å². The summed E-state index contributed by atoms with van der Waals surface area (Å²) >= 11 is 1.28. The fourth-order valence-electron chi connectivity index (χ4n) is 1.73. The van der Waals surface area contributed by atoms with Gasteiger partial charge in [-0.2, -0.15) is 0 Å². The van der Waals surface area contributed by atoms with Gasteiger partial charge in [0.1, 0.15) is 0 Å². The van der Waals surface area contributed by atoms with Crippen molar-refractivity contribution in [2.75, 3.05) is 20.8 Å². The molecule has 0 unspecified atom stereocenters. The Labute approximate surface area is 130 Å². The number of hydrogen-bond acceptors (Lipinski definition) is 7. The van der Waals surface area contributed by atoms with Gasteiger partial charge in [-0.05, 0) is 23.6 Å². The number of methoxy groups -OCH3 is 2. The highest BCUT2D eigenvalue weighted by Crippen LogP contribution is 2.37. The number of phenols is 1. The van der Waals surface area contributed by atoms with E-state index in [4.69, 9.17) is 14.2 Å². The van der Waals surface area contributed by atoms with Crippen molar-refractivity contribution >= 4 is 23.1 Å². The fraction of sp³-hybridized carbons (Fsp3) is 0.200. The molecule has 0 aliphatic rings. The standard InChI is InChI=1S/C15H14O6S/c1-19-11-6-9(7-12(20-2)14(11)17)15(18)21-8-10(16)13-4-3-5-22-13/h3-7,17H,8H2,1-2H3. The maximum Gasteiger partial charge on any atom is 0.338 e. The van der Waals surface area contributed by atoms with Crippen LogP contribution in [-0.4, -0.2) is 37.7 Å². The number of rotatable bonds is 6. The zero-order valence-electron chi connectivity index (χ0n) is 12.0. The van der Waals surface area contributed by atoms with E-state index in [2.05, 4.69) is 0 Å². The molecule has 116 valence electrons. The lowest BCUT2D eigenvalue weighted by atomic mass is 10.2. The minimum atomic E-state index is -0.707. The third-order valence-electron chi connectivity index (χ3n) is 2.85. The molecule has 0 spiro atoms. The third kappa shape index (κ3) is 3.37. The molecule has 0 radical (unpaired) electrons. The summed E-state index contributed by atoms with van der Waals surface area (Å²) in [6.07, 6.45) is 0. The van der Waals surface area contributed by atoms with Gasteiger partial charge in [0.2, 0.25) is 11.5 Å². The van der Waals surface area contributed by atoms with Gasteiger partial charge in [0.15, 0.2) is 18.1 Å². The maximum absolute atomic E-state index is 12.0. The zero-order chi connectivity index (χ0) is 16.1. The van der Waals surface area contributed by atoms with Gasteiger partial charge >= 0.3 is 5.97 Å². The lowest BCUT2D eigenvalue weighted by Crippen LogP contribution is -2.13. The molecule has 0 aliphatic carbocycles. The van der Waals surface area contributed by atoms with Crippen LogP contribution >= 0.6 is 11.3 Å². The molecule has 1 aromatic heterocycles. The lowest BCUT2D eigenvalue weighted by Gasteiger charge is -2.10. The van der Waals surface area contributed by atoms with Crippen molar-refractivity contribution < 1.29 is 28.9 Å². The molecule has 7 heteroatoms. The van der Waals surface area contributed by atoms with Gasteiger partial charge in [-0.3, -0.25) is 4.79 Å². The van der Waals surface area contributed by atoms with E-state index in [0.29, 0.717) is 4.88 Å². The number of carbonyl (C=O) groups excluding carboxylic acids is 2. The number of ketones is 1. The Morgan fingerprint density at radius 2 is 1.82 bits per heavy atom. The SMILES string of the molecule is COc1cc(C(=O)OCC(=O)c2cccs2)cc(OC)c1O. The van der Waals surface area contributed by atoms with Crippen LogP contribution in [0.3, 0.4) is 0 Å². The molecule has 1 aromatic carbocycles.